The van der Waals surface area contributed by atoms with E-state index in [1.807, 2.05) is 5.38 Å². The number of oxazole rings is 1. The predicted molar refractivity (Wildman–Crippen MR) is 88.8 cm³/mol. The zero-order chi connectivity index (χ0) is 17.8. The number of carboxylic acid groups (broad SMARTS) is 1. The highest BCUT2D eigenvalue weighted by Crippen LogP contribution is 2.27. The number of nitrogens with one attached hydrogen (secondary N) is 1. The van der Waals surface area contributed by atoms with Crippen LogP contribution < -0.4 is 5.32 Å². The number of hydrogen-bond acceptors (Lipinski definition) is 5. The van der Waals surface area contributed by atoms with Gasteiger partial charge in [-0.1, -0.05) is 18.2 Å². The number of rotatable bonds is 6. The van der Waals surface area contributed by atoms with Gasteiger partial charge < -0.3 is 14.8 Å². The summed E-state index contributed by atoms with van der Waals surface area (Å²) in [4.78, 5) is 28.5. The zero-order valence-electron chi connectivity index (χ0n) is 12.8. The number of benzene rings is 1. The molecule has 3 aromatic rings. The van der Waals surface area contributed by atoms with Crippen LogP contribution in [0, 0.1) is 5.82 Å². The van der Waals surface area contributed by atoms with E-state index in [9.17, 15) is 19.1 Å². The largest absolute Gasteiger partial charge is 0.480 e. The van der Waals surface area contributed by atoms with E-state index in [0.717, 1.165) is 6.39 Å². The average molecular weight is 360 g/mol. The monoisotopic (exact) mass is 360 g/mol. The molecule has 1 aromatic carbocycles. The molecule has 2 N–H and O–H groups in total. The number of amides is 1. The maximum atomic E-state index is 13.0. The third kappa shape index (κ3) is 3.92. The smallest absolute Gasteiger partial charge is 0.326 e. The summed E-state index contributed by atoms with van der Waals surface area (Å²) in [5.74, 6) is -1.97. The van der Waals surface area contributed by atoms with Crippen LogP contribution in [0.1, 0.15) is 16.1 Å². The number of aromatic nitrogens is 1. The third-order valence-electron chi connectivity index (χ3n) is 3.48. The molecule has 1 unspecified atom stereocenters. The number of hydrogen-bond donors (Lipinski definition) is 2. The van der Waals surface area contributed by atoms with Crippen LogP contribution in [0.2, 0.25) is 0 Å². The number of thiophene rings is 1. The van der Waals surface area contributed by atoms with E-state index >= 15 is 0 Å². The number of carbonyl (C=O) groups excluding carboxylic acids is 1. The molecular weight excluding hydrogens is 347 g/mol. The van der Waals surface area contributed by atoms with Crippen molar-refractivity contribution in [3.8, 4) is 10.6 Å². The van der Waals surface area contributed by atoms with E-state index < -0.39 is 23.7 Å². The first-order valence-corrected chi connectivity index (χ1v) is 8.18. The molecule has 6 nitrogen and oxygen atoms in total. The quantitative estimate of drug-likeness (QED) is 0.705. The Kier molecular flexibility index (Phi) is 4.90. The Hall–Kier alpha value is -3.00. The van der Waals surface area contributed by atoms with Crippen molar-refractivity contribution in [3.05, 3.63) is 65.2 Å². The number of halogens is 1. The summed E-state index contributed by atoms with van der Waals surface area (Å²) in [5.41, 5.74) is 0.612. The van der Waals surface area contributed by atoms with Gasteiger partial charge in [-0.15, -0.1) is 11.3 Å². The van der Waals surface area contributed by atoms with Crippen LogP contribution in [-0.2, 0) is 11.2 Å². The topological polar surface area (TPSA) is 92.4 Å². The van der Waals surface area contributed by atoms with Crippen molar-refractivity contribution in [1.82, 2.24) is 10.3 Å². The molecule has 0 radical (unpaired) electrons. The molecule has 2 aromatic heterocycles. The standard InChI is InChI=1S/C17H13FN2O4S/c18-11-5-3-10(4-6-11)8-12(17(22)23)20-16(21)14-15(24-9-19-14)13-2-1-7-25-13/h1-7,9,12H,8H2,(H,20,21)(H,22,23). The van der Waals surface area contributed by atoms with Crippen LogP contribution >= 0.6 is 11.3 Å². The second kappa shape index (κ2) is 7.27. The lowest BCUT2D eigenvalue weighted by Gasteiger charge is -2.14. The van der Waals surface area contributed by atoms with Gasteiger partial charge in [0.05, 0.1) is 4.88 Å². The average Bonchev–Trinajstić information content (AvgIpc) is 3.26. The Labute approximate surface area is 145 Å². The molecule has 1 atom stereocenters. The van der Waals surface area contributed by atoms with E-state index in [-0.39, 0.29) is 12.1 Å². The van der Waals surface area contributed by atoms with E-state index in [4.69, 9.17) is 4.42 Å². The Morgan fingerprint density at radius 1 is 1.28 bits per heavy atom. The highest BCUT2D eigenvalue weighted by Gasteiger charge is 2.25. The van der Waals surface area contributed by atoms with Crippen LogP contribution in [0.25, 0.3) is 10.6 Å². The minimum atomic E-state index is -1.20. The second-order valence-corrected chi connectivity index (χ2v) is 6.15. The molecule has 0 aliphatic rings. The molecule has 0 saturated carbocycles. The van der Waals surface area contributed by atoms with Crippen LogP contribution in [-0.4, -0.2) is 28.0 Å². The van der Waals surface area contributed by atoms with Gasteiger partial charge in [-0.05, 0) is 29.1 Å². The van der Waals surface area contributed by atoms with Gasteiger partial charge >= 0.3 is 5.97 Å². The number of nitrogens with zero attached hydrogens (tertiary/aromatic N) is 1. The van der Waals surface area contributed by atoms with Crippen molar-refractivity contribution in [2.75, 3.05) is 0 Å². The molecule has 8 heteroatoms. The van der Waals surface area contributed by atoms with Crippen molar-refractivity contribution in [1.29, 1.82) is 0 Å². The fourth-order valence-corrected chi connectivity index (χ4v) is 2.99. The Bertz CT molecular complexity index is 874. The molecule has 0 saturated heterocycles. The van der Waals surface area contributed by atoms with Gasteiger partial charge in [-0.2, -0.15) is 0 Å². The molecule has 128 valence electrons. The summed E-state index contributed by atoms with van der Waals surface area (Å²) in [6, 6.07) is 7.83. The molecular formula is C17H13FN2O4S. The molecule has 0 aliphatic heterocycles. The molecule has 3 rings (SSSR count). The lowest BCUT2D eigenvalue weighted by atomic mass is 10.1. The van der Waals surface area contributed by atoms with Crippen molar-refractivity contribution in [3.63, 3.8) is 0 Å². The first-order valence-electron chi connectivity index (χ1n) is 7.30. The van der Waals surface area contributed by atoms with Crippen molar-refractivity contribution in [2.45, 2.75) is 12.5 Å². The minimum absolute atomic E-state index is 0.0211. The maximum Gasteiger partial charge on any atom is 0.326 e. The fraction of sp³-hybridized carbons (Fsp3) is 0.118. The van der Waals surface area contributed by atoms with Crippen LogP contribution in [0.3, 0.4) is 0 Å². The van der Waals surface area contributed by atoms with Gasteiger partial charge in [0, 0.05) is 6.42 Å². The van der Waals surface area contributed by atoms with Gasteiger partial charge in [0.1, 0.15) is 11.9 Å². The minimum Gasteiger partial charge on any atom is -0.480 e. The molecule has 25 heavy (non-hydrogen) atoms. The van der Waals surface area contributed by atoms with Crippen molar-refractivity contribution < 1.29 is 23.5 Å². The van der Waals surface area contributed by atoms with Crippen LogP contribution in [0.5, 0.6) is 0 Å². The summed E-state index contributed by atoms with van der Waals surface area (Å²) < 4.78 is 18.2. The van der Waals surface area contributed by atoms with Gasteiger partial charge in [-0.25, -0.2) is 14.2 Å². The number of aliphatic carboxylic acids is 1. The van der Waals surface area contributed by atoms with Crippen molar-refractivity contribution in [2.24, 2.45) is 0 Å². The highest BCUT2D eigenvalue weighted by atomic mass is 32.1. The third-order valence-corrected chi connectivity index (χ3v) is 4.35. The molecule has 0 fully saturated rings. The SMILES string of the molecule is O=C(NC(Cc1ccc(F)cc1)C(=O)O)c1ncoc1-c1cccs1. The molecule has 0 spiro atoms. The summed E-state index contributed by atoms with van der Waals surface area (Å²) in [5, 5.41) is 13.6. The van der Waals surface area contributed by atoms with Crippen LogP contribution in [0.15, 0.2) is 52.6 Å². The first kappa shape index (κ1) is 16.8. The maximum absolute atomic E-state index is 13.0. The highest BCUT2D eigenvalue weighted by molar-refractivity contribution is 7.13. The summed E-state index contributed by atoms with van der Waals surface area (Å²) >= 11 is 1.38. The van der Waals surface area contributed by atoms with Gasteiger partial charge in [0.25, 0.3) is 5.91 Å². The molecule has 0 bridgehead atoms. The second-order valence-electron chi connectivity index (χ2n) is 5.20. The summed E-state index contributed by atoms with van der Waals surface area (Å²) in [6.45, 7) is 0. The van der Waals surface area contributed by atoms with Crippen LogP contribution in [0.4, 0.5) is 4.39 Å². The Morgan fingerprint density at radius 3 is 2.68 bits per heavy atom. The predicted octanol–water partition coefficient (Wildman–Crippen LogP) is 2.97. The lowest BCUT2D eigenvalue weighted by molar-refractivity contribution is -0.139. The fourth-order valence-electron chi connectivity index (χ4n) is 2.27. The molecule has 1 amide bonds. The molecule has 2 heterocycles. The van der Waals surface area contributed by atoms with E-state index in [1.165, 1.54) is 35.6 Å². The lowest BCUT2D eigenvalue weighted by Crippen LogP contribution is -2.42. The summed E-state index contributed by atoms with van der Waals surface area (Å²) in [6.07, 6.45) is 1.16. The van der Waals surface area contributed by atoms with E-state index in [2.05, 4.69) is 10.3 Å². The van der Waals surface area contributed by atoms with Gasteiger partial charge in [0.2, 0.25) is 0 Å². The van der Waals surface area contributed by atoms with E-state index in [0.29, 0.717) is 16.2 Å². The number of carbonyl (C=O) groups is 2. The van der Waals surface area contributed by atoms with Gasteiger partial charge in [0.15, 0.2) is 17.8 Å². The van der Waals surface area contributed by atoms with Gasteiger partial charge in [-0.3, -0.25) is 4.79 Å². The first-order chi connectivity index (χ1) is 12.0. The van der Waals surface area contributed by atoms with Crippen molar-refractivity contribution >= 4 is 23.2 Å². The summed E-state index contributed by atoms with van der Waals surface area (Å²) in [7, 11) is 0. The molecule has 0 aliphatic carbocycles. The Balaban J connectivity index is 1.77. The van der Waals surface area contributed by atoms with E-state index in [1.54, 1.807) is 12.1 Å². The Morgan fingerprint density at radius 2 is 2.04 bits per heavy atom. The normalized spacial score (nSPS) is 11.9. The zero-order valence-corrected chi connectivity index (χ0v) is 13.6. The number of carboxylic acids is 1.